The van der Waals surface area contributed by atoms with Gasteiger partial charge in [-0.15, -0.1) is 0 Å². The van der Waals surface area contributed by atoms with E-state index in [2.05, 4.69) is 0 Å². The van der Waals surface area contributed by atoms with E-state index >= 15 is 4.39 Å². The maximum atomic E-state index is 15.0. The summed E-state index contributed by atoms with van der Waals surface area (Å²) >= 11 is 0. The maximum Gasteiger partial charge on any atom is 0.341 e. The van der Waals surface area contributed by atoms with Crippen LogP contribution in [0.4, 0.5) is 4.39 Å². The minimum absolute atomic E-state index is 0.101. The number of benzene rings is 1. The van der Waals surface area contributed by atoms with Crippen molar-refractivity contribution in [2.75, 3.05) is 6.61 Å². The first-order chi connectivity index (χ1) is 13.7. The van der Waals surface area contributed by atoms with Crippen LogP contribution in [-0.2, 0) is 4.74 Å². The van der Waals surface area contributed by atoms with E-state index in [-0.39, 0.29) is 16.9 Å². The highest BCUT2D eigenvalue weighted by molar-refractivity contribution is 5.92. The van der Waals surface area contributed by atoms with Crippen molar-refractivity contribution >= 4 is 5.97 Å². The van der Waals surface area contributed by atoms with Crippen molar-refractivity contribution in [3.05, 3.63) is 29.1 Å². The van der Waals surface area contributed by atoms with Gasteiger partial charge in [0.15, 0.2) is 0 Å². The van der Waals surface area contributed by atoms with E-state index in [9.17, 15) is 4.79 Å². The van der Waals surface area contributed by atoms with Crippen molar-refractivity contribution in [1.29, 1.82) is 0 Å². The molecule has 0 saturated heterocycles. The summed E-state index contributed by atoms with van der Waals surface area (Å²) in [4.78, 5) is 12.6. The Labute approximate surface area is 173 Å². The quantitative estimate of drug-likeness (QED) is 0.548. The molecule has 6 rings (SSSR count). The molecular formula is C25H33FO3. The first-order valence-electron chi connectivity index (χ1n) is 11.4. The van der Waals surface area contributed by atoms with Crippen LogP contribution < -0.4 is 4.74 Å². The van der Waals surface area contributed by atoms with Crippen LogP contribution in [0.3, 0.4) is 0 Å². The predicted octanol–water partition coefficient (Wildman–Crippen LogP) is 6.25. The van der Waals surface area contributed by atoms with Crippen LogP contribution in [0.25, 0.3) is 0 Å². The van der Waals surface area contributed by atoms with Gasteiger partial charge >= 0.3 is 5.97 Å². The van der Waals surface area contributed by atoms with Gasteiger partial charge < -0.3 is 9.47 Å². The van der Waals surface area contributed by atoms with Gasteiger partial charge in [0, 0.05) is 11.5 Å². The standard InChI is InChI=1S/C25H33FO3/c1-24(2,3)29-23(27)22-20(18-4-5-18)9-19(10-21(22)26)28-14-25-11-15-6-16(12-25)8-17(7-15)13-25/h9-10,15-18H,4-8,11-14H2,1-3H3. The highest BCUT2D eigenvalue weighted by atomic mass is 19.1. The molecule has 0 heterocycles. The smallest absolute Gasteiger partial charge is 0.341 e. The normalized spacial score (nSPS) is 33.0. The highest BCUT2D eigenvalue weighted by Crippen LogP contribution is 2.60. The van der Waals surface area contributed by atoms with Gasteiger partial charge in [0.1, 0.15) is 17.2 Å². The third-order valence-corrected chi connectivity index (χ3v) is 7.42. The fourth-order valence-corrected chi connectivity index (χ4v) is 6.65. The number of hydrogen-bond acceptors (Lipinski definition) is 3. The van der Waals surface area contributed by atoms with Gasteiger partial charge in [-0.2, -0.15) is 0 Å². The fraction of sp³-hybridized carbons (Fsp3) is 0.720. The van der Waals surface area contributed by atoms with Crippen molar-refractivity contribution in [3.8, 4) is 5.75 Å². The molecule has 1 aromatic rings. The van der Waals surface area contributed by atoms with Crippen molar-refractivity contribution in [2.45, 2.75) is 83.7 Å². The Morgan fingerprint density at radius 1 is 1.07 bits per heavy atom. The number of ether oxygens (including phenoxy) is 2. The molecule has 0 spiro atoms. The number of esters is 1. The van der Waals surface area contributed by atoms with Crippen LogP contribution in [0.2, 0.25) is 0 Å². The molecule has 5 aliphatic carbocycles. The molecule has 1 aromatic carbocycles. The van der Waals surface area contributed by atoms with Gasteiger partial charge in [-0.1, -0.05) is 0 Å². The minimum Gasteiger partial charge on any atom is -0.493 e. The number of carbonyl (C=O) groups excluding carboxylic acids is 1. The molecule has 5 saturated carbocycles. The molecule has 29 heavy (non-hydrogen) atoms. The molecule has 0 unspecified atom stereocenters. The summed E-state index contributed by atoms with van der Waals surface area (Å²) in [6.07, 6.45) is 10.0. The summed E-state index contributed by atoms with van der Waals surface area (Å²) in [7, 11) is 0. The zero-order valence-corrected chi connectivity index (χ0v) is 17.9. The largest absolute Gasteiger partial charge is 0.493 e. The van der Waals surface area contributed by atoms with Gasteiger partial charge in [0.2, 0.25) is 0 Å². The van der Waals surface area contributed by atoms with E-state index in [1.807, 2.05) is 26.8 Å². The number of halogens is 1. The Kier molecular flexibility index (Phi) is 4.49. The fourth-order valence-electron chi connectivity index (χ4n) is 6.65. The highest BCUT2D eigenvalue weighted by Gasteiger charge is 2.51. The van der Waals surface area contributed by atoms with Crippen LogP contribution in [-0.4, -0.2) is 18.2 Å². The molecular weight excluding hydrogens is 367 g/mol. The zero-order chi connectivity index (χ0) is 20.4. The lowest BCUT2D eigenvalue weighted by molar-refractivity contribution is -0.0745. The number of carbonyl (C=O) groups is 1. The molecule has 5 aliphatic rings. The summed E-state index contributed by atoms with van der Waals surface area (Å²) in [6, 6.07) is 3.30. The molecule has 0 atom stereocenters. The lowest BCUT2D eigenvalue weighted by atomic mass is 9.50. The third-order valence-electron chi connectivity index (χ3n) is 7.42. The summed E-state index contributed by atoms with van der Waals surface area (Å²) in [5.74, 6) is 2.37. The third kappa shape index (κ3) is 3.92. The van der Waals surface area contributed by atoms with Crippen molar-refractivity contribution in [2.24, 2.45) is 23.2 Å². The van der Waals surface area contributed by atoms with Crippen LogP contribution in [0.5, 0.6) is 5.75 Å². The average Bonchev–Trinajstić information content (AvgIpc) is 3.41. The topological polar surface area (TPSA) is 35.5 Å². The lowest BCUT2D eigenvalue weighted by Gasteiger charge is -2.56. The van der Waals surface area contributed by atoms with E-state index in [1.165, 1.54) is 44.6 Å². The van der Waals surface area contributed by atoms with Crippen LogP contribution in [0, 0.1) is 29.0 Å². The molecule has 0 aliphatic heterocycles. The van der Waals surface area contributed by atoms with Gasteiger partial charge in [0.05, 0.1) is 12.2 Å². The van der Waals surface area contributed by atoms with Crippen LogP contribution in [0.15, 0.2) is 12.1 Å². The number of hydrogen-bond donors (Lipinski definition) is 0. The van der Waals surface area contributed by atoms with Crippen molar-refractivity contribution in [1.82, 2.24) is 0 Å². The Balaban J connectivity index is 1.36. The monoisotopic (exact) mass is 400 g/mol. The summed E-state index contributed by atoms with van der Waals surface area (Å²) in [6.45, 7) is 6.11. The molecule has 4 bridgehead atoms. The van der Waals surface area contributed by atoms with Gasteiger partial charge in [0.25, 0.3) is 0 Å². The van der Waals surface area contributed by atoms with Crippen molar-refractivity contribution < 1.29 is 18.7 Å². The first kappa shape index (κ1) is 19.4. The van der Waals surface area contributed by atoms with Gasteiger partial charge in [-0.25, -0.2) is 9.18 Å². The Bertz CT molecular complexity index is 783. The maximum absolute atomic E-state index is 15.0. The van der Waals surface area contributed by atoms with E-state index < -0.39 is 17.4 Å². The predicted molar refractivity (Wildman–Crippen MR) is 110 cm³/mol. The first-order valence-corrected chi connectivity index (χ1v) is 11.4. The molecule has 0 aromatic heterocycles. The van der Waals surface area contributed by atoms with Crippen molar-refractivity contribution in [3.63, 3.8) is 0 Å². The second kappa shape index (κ2) is 6.72. The molecule has 5 fully saturated rings. The summed E-state index contributed by atoms with van der Waals surface area (Å²) < 4.78 is 26.7. The van der Waals surface area contributed by atoms with Crippen LogP contribution >= 0.6 is 0 Å². The van der Waals surface area contributed by atoms with E-state index in [4.69, 9.17) is 9.47 Å². The second-order valence-electron chi connectivity index (χ2n) is 11.4. The minimum atomic E-state index is -0.641. The second-order valence-corrected chi connectivity index (χ2v) is 11.4. The molecule has 158 valence electrons. The van der Waals surface area contributed by atoms with Crippen LogP contribution in [0.1, 0.15) is 94.0 Å². The van der Waals surface area contributed by atoms with Gasteiger partial charge in [-0.3, -0.25) is 0 Å². The molecule has 0 radical (unpaired) electrons. The van der Waals surface area contributed by atoms with E-state index in [0.717, 1.165) is 36.2 Å². The molecule has 0 amide bonds. The Morgan fingerprint density at radius 2 is 1.66 bits per heavy atom. The SMILES string of the molecule is CC(C)(C)OC(=O)c1c(F)cc(OCC23CC4CC(CC(C4)C2)C3)cc1C1CC1. The molecule has 4 heteroatoms. The lowest BCUT2D eigenvalue weighted by Crippen LogP contribution is -2.48. The summed E-state index contributed by atoms with van der Waals surface area (Å²) in [5.41, 5.74) is 0.511. The molecule has 3 nitrogen and oxygen atoms in total. The Morgan fingerprint density at radius 3 is 2.17 bits per heavy atom. The average molecular weight is 401 g/mol. The summed E-state index contributed by atoms with van der Waals surface area (Å²) in [5, 5.41) is 0. The number of rotatable bonds is 5. The Hall–Kier alpha value is -1.58. The van der Waals surface area contributed by atoms with E-state index in [0.29, 0.717) is 12.4 Å². The zero-order valence-electron chi connectivity index (χ0n) is 17.9. The van der Waals surface area contributed by atoms with Gasteiger partial charge in [-0.05, 0) is 107 Å². The molecule has 0 N–H and O–H groups in total. The van der Waals surface area contributed by atoms with E-state index in [1.54, 1.807) is 0 Å².